The topological polar surface area (TPSA) is 66.6 Å². The van der Waals surface area contributed by atoms with Crippen molar-refractivity contribution in [3.63, 3.8) is 0 Å². The van der Waals surface area contributed by atoms with Gasteiger partial charge in [0, 0.05) is 19.6 Å². The fourth-order valence-electron chi connectivity index (χ4n) is 4.06. The van der Waals surface area contributed by atoms with Crippen molar-refractivity contribution in [2.75, 3.05) is 32.7 Å². The average Bonchev–Trinajstić information content (AvgIpc) is 2.63. The number of likely N-dealkylation sites (tertiary alicyclic amines) is 2. The summed E-state index contributed by atoms with van der Waals surface area (Å²) in [7, 11) is 0. The van der Waals surface area contributed by atoms with Crippen LogP contribution < -0.4 is 5.73 Å². The van der Waals surface area contributed by atoms with Gasteiger partial charge >= 0.3 is 0 Å². The Kier molecular flexibility index (Phi) is 6.08. The maximum absolute atomic E-state index is 12.6. The van der Waals surface area contributed by atoms with Crippen LogP contribution in [0.2, 0.25) is 0 Å². The lowest BCUT2D eigenvalue weighted by molar-refractivity contribution is -0.135. The van der Waals surface area contributed by atoms with Crippen molar-refractivity contribution in [1.29, 1.82) is 0 Å². The number of nitrogens with two attached hydrogens (primary N) is 1. The molecule has 0 radical (unpaired) electrons. The molecule has 2 fully saturated rings. The van der Waals surface area contributed by atoms with Crippen molar-refractivity contribution in [3.8, 4) is 0 Å². The molecule has 2 N–H and O–H groups in total. The van der Waals surface area contributed by atoms with E-state index in [1.165, 1.54) is 5.56 Å². The molecule has 2 heterocycles. The Bertz CT molecular complexity index is 582. The molecule has 2 aliphatic heterocycles. The lowest BCUT2D eigenvalue weighted by Crippen LogP contribution is -2.48. The molecule has 0 unspecified atom stereocenters. The molecule has 1 aromatic carbocycles. The zero-order chi connectivity index (χ0) is 17.6. The zero-order valence-electron chi connectivity index (χ0n) is 14.9. The van der Waals surface area contributed by atoms with Gasteiger partial charge in [-0.05, 0) is 50.1 Å². The number of nitrogens with zero attached hydrogens (tertiary/aromatic N) is 2. The van der Waals surface area contributed by atoms with E-state index in [4.69, 9.17) is 5.73 Å². The summed E-state index contributed by atoms with van der Waals surface area (Å²) in [5, 5.41) is 0. The minimum atomic E-state index is -0.237. The SMILES string of the molecule is NC(=O)[C@@H]1CCCN(CC(=O)N2CCC(Cc3ccccc3)CC2)C1. The van der Waals surface area contributed by atoms with Crippen LogP contribution in [0.4, 0.5) is 0 Å². The predicted octanol–water partition coefficient (Wildman–Crippen LogP) is 1.66. The van der Waals surface area contributed by atoms with Gasteiger partial charge in [-0.25, -0.2) is 0 Å². The number of piperidine rings is 2. The van der Waals surface area contributed by atoms with Crippen LogP contribution in [0.3, 0.4) is 0 Å². The molecule has 0 bridgehead atoms. The molecule has 2 aliphatic rings. The first kappa shape index (κ1) is 17.9. The van der Waals surface area contributed by atoms with Gasteiger partial charge in [-0.15, -0.1) is 0 Å². The summed E-state index contributed by atoms with van der Waals surface area (Å²) in [4.78, 5) is 28.0. The molecule has 2 saturated heterocycles. The highest BCUT2D eigenvalue weighted by atomic mass is 16.2. The van der Waals surface area contributed by atoms with Crippen LogP contribution >= 0.6 is 0 Å². The molecule has 25 heavy (non-hydrogen) atoms. The van der Waals surface area contributed by atoms with Crippen molar-refractivity contribution < 1.29 is 9.59 Å². The largest absolute Gasteiger partial charge is 0.369 e. The highest BCUT2D eigenvalue weighted by molar-refractivity contribution is 5.79. The lowest BCUT2D eigenvalue weighted by Gasteiger charge is -2.35. The van der Waals surface area contributed by atoms with E-state index in [1.807, 2.05) is 11.0 Å². The number of benzene rings is 1. The molecule has 3 rings (SSSR count). The van der Waals surface area contributed by atoms with Crippen molar-refractivity contribution in [3.05, 3.63) is 35.9 Å². The van der Waals surface area contributed by atoms with Gasteiger partial charge < -0.3 is 10.6 Å². The first-order valence-electron chi connectivity index (χ1n) is 9.45. The highest BCUT2D eigenvalue weighted by Gasteiger charge is 2.28. The molecule has 0 aromatic heterocycles. The first-order chi connectivity index (χ1) is 12.1. The third-order valence-corrected chi connectivity index (χ3v) is 5.60. The number of primary amides is 1. The van der Waals surface area contributed by atoms with Crippen molar-refractivity contribution in [2.45, 2.75) is 32.1 Å². The van der Waals surface area contributed by atoms with Crippen LogP contribution in [0, 0.1) is 11.8 Å². The molecule has 1 aromatic rings. The third-order valence-electron chi connectivity index (χ3n) is 5.60. The normalized spacial score (nSPS) is 22.7. The van der Waals surface area contributed by atoms with Gasteiger partial charge in [0.25, 0.3) is 0 Å². The van der Waals surface area contributed by atoms with E-state index in [-0.39, 0.29) is 17.7 Å². The predicted molar refractivity (Wildman–Crippen MR) is 97.8 cm³/mol. The standard InChI is InChI=1S/C20H29N3O2/c21-20(25)18-7-4-10-22(14-18)15-19(24)23-11-8-17(9-12-23)13-16-5-2-1-3-6-16/h1-3,5-6,17-18H,4,7-15H2,(H2,21,25)/t18-/m1/s1. The molecule has 0 aliphatic carbocycles. The molecule has 2 amide bonds. The van der Waals surface area contributed by atoms with Gasteiger partial charge in [-0.1, -0.05) is 30.3 Å². The van der Waals surface area contributed by atoms with Crippen molar-refractivity contribution in [1.82, 2.24) is 9.80 Å². The van der Waals surface area contributed by atoms with Crippen LogP contribution in [-0.2, 0) is 16.0 Å². The Morgan fingerprint density at radius 1 is 1.04 bits per heavy atom. The second-order valence-corrected chi connectivity index (χ2v) is 7.49. The second-order valence-electron chi connectivity index (χ2n) is 7.49. The van der Waals surface area contributed by atoms with Crippen LogP contribution in [0.1, 0.15) is 31.2 Å². The van der Waals surface area contributed by atoms with Gasteiger partial charge in [-0.2, -0.15) is 0 Å². The van der Waals surface area contributed by atoms with Gasteiger partial charge in [0.15, 0.2) is 0 Å². The Morgan fingerprint density at radius 2 is 1.76 bits per heavy atom. The van der Waals surface area contributed by atoms with Crippen LogP contribution in [-0.4, -0.2) is 54.3 Å². The summed E-state index contributed by atoms with van der Waals surface area (Å²) >= 11 is 0. The molecule has 5 nitrogen and oxygen atoms in total. The van der Waals surface area contributed by atoms with E-state index in [1.54, 1.807) is 0 Å². The monoisotopic (exact) mass is 343 g/mol. The number of amides is 2. The Morgan fingerprint density at radius 3 is 2.44 bits per heavy atom. The van der Waals surface area contributed by atoms with E-state index < -0.39 is 0 Å². The van der Waals surface area contributed by atoms with Crippen molar-refractivity contribution >= 4 is 11.8 Å². The van der Waals surface area contributed by atoms with E-state index >= 15 is 0 Å². The quantitative estimate of drug-likeness (QED) is 0.884. The molecule has 0 spiro atoms. The summed E-state index contributed by atoms with van der Waals surface area (Å²) in [6.07, 6.45) is 5.05. The molecule has 0 saturated carbocycles. The summed E-state index contributed by atoms with van der Waals surface area (Å²) in [5.41, 5.74) is 6.81. The summed E-state index contributed by atoms with van der Waals surface area (Å²) in [5.74, 6) is 0.529. The van der Waals surface area contributed by atoms with Gasteiger partial charge in [0.2, 0.25) is 11.8 Å². The average molecular weight is 343 g/mol. The maximum Gasteiger partial charge on any atom is 0.236 e. The summed E-state index contributed by atoms with van der Waals surface area (Å²) < 4.78 is 0. The number of carbonyl (C=O) groups excluding carboxylic acids is 2. The van der Waals surface area contributed by atoms with Crippen LogP contribution in [0.15, 0.2) is 30.3 Å². The van der Waals surface area contributed by atoms with E-state index in [0.29, 0.717) is 19.0 Å². The number of rotatable bonds is 5. The Hall–Kier alpha value is -1.88. The molecule has 136 valence electrons. The minimum absolute atomic E-state index is 0.0989. The van der Waals surface area contributed by atoms with Crippen LogP contribution in [0.5, 0.6) is 0 Å². The van der Waals surface area contributed by atoms with E-state index in [2.05, 4.69) is 29.2 Å². The molecule has 1 atom stereocenters. The second kappa shape index (κ2) is 8.48. The minimum Gasteiger partial charge on any atom is -0.369 e. The van der Waals surface area contributed by atoms with E-state index in [0.717, 1.165) is 51.7 Å². The molecular weight excluding hydrogens is 314 g/mol. The summed E-state index contributed by atoms with van der Waals surface area (Å²) in [6, 6.07) is 10.6. The zero-order valence-corrected chi connectivity index (χ0v) is 14.9. The number of hydrogen-bond acceptors (Lipinski definition) is 3. The summed E-state index contributed by atoms with van der Waals surface area (Å²) in [6.45, 7) is 3.64. The number of carbonyl (C=O) groups is 2. The van der Waals surface area contributed by atoms with E-state index in [9.17, 15) is 9.59 Å². The highest BCUT2D eigenvalue weighted by Crippen LogP contribution is 2.22. The smallest absolute Gasteiger partial charge is 0.236 e. The Balaban J connectivity index is 1.43. The van der Waals surface area contributed by atoms with Gasteiger partial charge in [-0.3, -0.25) is 14.5 Å². The third kappa shape index (κ3) is 5.05. The van der Waals surface area contributed by atoms with Gasteiger partial charge in [0.05, 0.1) is 12.5 Å². The van der Waals surface area contributed by atoms with Crippen LogP contribution in [0.25, 0.3) is 0 Å². The fraction of sp³-hybridized carbons (Fsp3) is 0.600. The molecular formula is C20H29N3O2. The van der Waals surface area contributed by atoms with Crippen molar-refractivity contribution in [2.24, 2.45) is 17.6 Å². The maximum atomic E-state index is 12.6. The first-order valence-corrected chi connectivity index (χ1v) is 9.45. The number of hydrogen-bond donors (Lipinski definition) is 1. The Labute approximate surface area is 150 Å². The molecule has 5 heteroatoms. The fourth-order valence-corrected chi connectivity index (χ4v) is 4.06. The lowest BCUT2D eigenvalue weighted by atomic mass is 9.90. The van der Waals surface area contributed by atoms with Gasteiger partial charge in [0.1, 0.15) is 0 Å².